The molecule has 0 aliphatic carbocycles. The predicted octanol–water partition coefficient (Wildman–Crippen LogP) is 4.13. The van der Waals surface area contributed by atoms with Crippen molar-refractivity contribution in [3.8, 4) is 17.2 Å². The van der Waals surface area contributed by atoms with Gasteiger partial charge < -0.3 is 0 Å². The first-order chi connectivity index (χ1) is 7.69. The highest BCUT2D eigenvalue weighted by atomic mass is 79.9. The van der Waals surface area contributed by atoms with Gasteiger partial charge in [0.15, 0.2) is 0 Å². The van der Waals surface area contributed by atoms with E-state index >= 15 is 0 Å². The molecule has 0 aromatic heterocycles. The lowest BCUT2D eigenvalue weighted by atomic mass is 10.0. The molecule has 0 saturated heterocycles. The third-order valence-corrected chi connectivity index (χ3v) is 2.66. The Balaban J connectivity index is 2.52. The summed E-state index contributed by atoms with van der Waals surface area (Å²) in [6, 6.07) is 13.7. The van der Waals surface area contributed by atoms with E-state index in [2.05, 4.69) is 22.0 Å². The minimum absolute atomic E-state index is 0.265. The van der Waals surface area contributed by atoms with Crippen LogP contribution < -0.4 is 0 Å². The average Bonchev–Trinajstić information content (AvgIpc) is 2.29. The largest absolute Gasteiger partial charge is 0.207 e. The van der Waals surface area contributed by atoms with E-state index in [9.17, 15) is 4.39 Å². The quantitative estimate of drug-likeness (QED) is 0.768. The summed E-state index contributed by atoms with van der Waals surface area (Å²) in [5, 5.41) is 8.85. The Bertz CT molecular complexity index is 555. The average molecular weight is 276 g/mol. The summed E-state index contributed by atoms with van der Waals surface area (Å²) < 4.78 is 13.6. The van der Waals surface area contributed by atoms with Crippen LogP contribution in [-0.2, 0) is 0 Å². The monoisotopic (exact) mass is 275 g/mol. The minimum atomic E-state index is -0.265. The van der Waals surface area contributed by atoms with Gasteiger partial charge in [0.1, 0.15) is 5.82 Å². The van der Waals surface area contributed by atoms with E-state index in [0.29, 0.717) is 5.56 Å². The number of nitriles is 1. The molecule has 2 aromatic carbocycles. The number of hydrogen-bond donors (Lipinski definition) is 0. The normalized spacial score (nSPS) is 9.81. The van der Waals surface area contributed by atoms with Crippen molar-refractivity contribution in [1.82, 2.24) is 0 Å². The first-order valence-corrected chi connectivity index (χ1v) is 5.45. The van der Waals surface area contributed by atoms with Crippen LogP contribution in [0.15, 0.2) is 46.9 Å². The van der Waals surface area contributed by atoms with Crippen LogP contribution in [0.25, 0.3) is 11.1 Å². The molecule has 16 heavy (non-hydrogen) atoms. The zero-order chi connectivity index (χ0) is 11.5. The van der Waals surface area contributed by atoms with E-state index in [1.54, 1.807) is 24.3 Å². The minimum Gasteiger partial charge on any atom is -0.207 e. The van der Waals surface area contributed by atoms with Crippen LogP contribution in [0.3, 0.4) is 0 Å². The molecule has 0 aliphatic rings. The molecule has 2 aromatic rings. The molecule has 0 atom stereocenters. The maximum absolute atomic E-state index is 12.8. The molecule has 0 aliphatic heterocycles. The van der Waals surface area contributed by atoms with Crippen molar-refractivity contribution in [1.29, 1.82) is 5.26 Å². The Hall–Kier alpha value is -1.66. The lowest BCUT2D eigenvalue weighted by molar-refractivity contribution is 0.628. The first kappa shape index (κ1) is 10.8. The molecule has 0 amide bonds. The molecule has 2 rings (SSSR count). The first-order valence-electron chi connectivity index (χ1n) is 4.65. The van der Waals surface area contributed by atoms with Gasteiger partial charge in [0.25, 0.3) is 0 Å². The highest BCUT2D eigenvalue weighted by Gasteiger charge is 2.02. The molecule has 78 valence electrons. The van der Waals surface area contributed by atoms with Crippen molar-refractivity contribution in [2.75, 3.05) is 0 Å². The summed E-state index contributed by atoms with van der Waals surface area (Å²) in [7, 11) is 0. The molecule has 0 bridgehead atoms. The number of benzene rings is 2. The lowest BCUT2D eigenvalue weighted by Gasteiger charge is -2.03. The fraction of sp³-hybridized carbons (Fsp3) is 0. The summed E-state index contributed by atoms with van der Waals surface area (Å²) in [4.78, 5) is 0. The topological polar surface area (TPSA) is 23.8 Å². The van der Waals surface area contributed by atoms with E-state index in [4.69, 9.17) is 5.26 Å². The Kier molecular flexibility index (Phi) is 3.02. The van der Waals surface area contributed by atoms with Gasteiger partial charge in [-0.25, -0.2) is 4.39 Å². The van der Waals surface area contributed by atoms with E-state index < -0.39 is 0 Å². The van der Waals surface area contributed by atoms with E-state index in [-0.39, 0.29) is 5.82 Å². The highest BCUT2D eigenvalue weighted by molar-refractivity contribution is 9.10. The smallest absolute Gasteiger partial charge is 0.123 e. The van der Waals surface area contributed by atoms with Crippen LogP contribution in [0.4, 0.5) is 4.39 Å². The summed E-state index contributed by atoms with van der Waals surface area (Å²) in [6.45, 7) is 0. The van der Waals surface area contributed by atoms with Crippen LogP contribution >= 0.6 is 15.9 Å². The summed E-state index contributed by atoms with van der Waals surface area (Å²) in [5.74, 6) is -0.265. The van der Waals surface area contributed by atoms with E-state index in [1.807, 2.05) is 6.07 Å². The fourth-order valence-corrected chi connectivity index (χ4v) is 1.96. The molecule has 0 heterocycles. The van der Waals surface area contributed by atoms with Gasteiger partial charge in [-0.15, -0.1) is 0 Å². The third-order valence-electron chi connectivity index (χ3n) is 2.20. The van der Waals surface area contributed by atoms with Crippen LogP contribution in [0.1, 0.15) is 5.56 Å². The van der Waals surface area contributed by atoms with Gasteiger partial charge in [-0.1, -0.05) is 28.1 Å². The van der Waals surface area contributed by atoms with Gasteiger partial charge in [-0.05, 0) is 41.5 Å². The summed E-state index contributed by atoms with van der Waals surface area (Å²) >= 11 is 3.34. The maximum Gasteiger partial charge on any atom is 0.123 e. The Morgan fingerprint density at radius 3 is 2.31 bits per heavy atom. The van der Waals surface area contributed by atoms with Crippen molar-refractivity contribution in [3.05, 3.63) is 58.3 Å². The molecular weight excluding hydrogens is 269 g/mol. The van der Waals surface area contributed by atoms with Crippen LogP contribution in [0.5, 0.6) is 0 Å². The lowest BCUT2D eigenvalue weighted by Crippen LogP contribution is -1.82. The molecule has 0 fully saturated rings. The van der Waals surface area contributed by atoms with Gasteiger partial charge >= 0.3 is 0 Å². The highest BCUT2D eigenvalue weighted by Crippen LogP contribution is 2.25. The molecule has 0 saturated carbocycles. The summed E-state index contributed by atoms with van der Waals surface area (Å²) in [6.07, 6.45) is 0. The zero-order valence-corrected chi connectivity index (χ0v) is 9.83. The van der Waals surface area contributed by atoms with Crippen molar-refractivity contribution >= 4 is 15.9 Å². The number of hydrogen-bond acceptors (Lipinski definition) is 1. The number of nitrogens with zero attached hydrogens (tertiary/aromatic N) is 1. The second-order valence-corrected chi connectivity index (χ2v) is 4.26. The Morgan fingerprint density at radius 1 is 1.00 bits per heavy atom. The van der Waals surface area contributed by atoms with E-state index in [1.165, 1.54) is 12.1 Å². The Labute approximate surface area is 101 Å². The van der Waals surface area contributed by atoms with Gasteiger partial charge in [0, 0.05) is 4.47 Å². The SMILES string of the molecule is N#Cc1cc(Br)cc(-c2ccc(F)cc2)c1. The molecule has 0 unspecified atom stereocenters. The van der Waals surface area contributed by atoms with Gasteiger partial charge in [-0.3, -0.25) is 0 Å². The van der Waals surface area contributed by atoms with Gasteiger partial charge in [-0.2, -0.15) is 5.26 Å². The standard InChI is InChI=1S/C13H7BrFN/c14-12-6-9(8-16)5-11(7-12)10-1-3-13(15)4-2-10/h1-7H. The maximum atomic E-state index is 12.8. The zero-order valence-electron chi connectivity index (χ0n) is 8.24. The molecule has 0 N–H and O–H groups in total. The number of halogens is 2. The van der Waals surface area contributed by atoms with Crippen molar-refractivity contribution in [2.45, 2.75) is 0 Å². The van der Waals surface area contributed by atoms with Crippen LogP contribution in [0, 0.1) is 17.1 Å². The van der Waals surface area contributed by atoms with Crippen molar-refractivity contribution in [3.63, 3.8) is 0 Å². The number of rotatable bonds is 1. The third kappa shape index (κ3) is 2.29. The molecule has 0 radical (unpaired) electrons. The van der Waals surface area contributed by atoms with Crippen LogP contribution in [0.2, 0.25) is 0 Å². The predicted molar refractivity (Wildman–Crippen MR) is 64.3 cm³/mol. The van der Waals surface area contributed by atoms with E-state index in [0.717, 1.165) is 15.6 Å². The molecular formula is C13H7BrFN. The fourth-order valence-electron chi connectivity index (χ4n) is 1.46. The van der Waals surface area contributed by atoms with Crippen molar-refractivity contribution in [2.24, 2.45) is 0 Å². The van der Waals surface area contributed by atoms with Crippen molar-refractivity contribution < 1.29 is 4.39 Å². The van der Waals surface area contributed by atoms with Gasteiger partial charge in [0.05, 0.1) is 11.6 Å². The van der Waals surface area contributed by atoms with Crippen LogP contribution in [-0.4, -0.2) is 0 Å². The summed E-state index contributed by atoms with van der Waals surface area (Å²) in [5.41, 5.74) is 2.36. The second-order valence-electron chi connectivity index (χ2n) is 3.35. The molecule has 1 nitrogen and oxygen atoms in total. The molecule has 3 heteroatoms. The Morgan fingerprint density at radius 2 is 1.69 bits per heavy atom. The molecule has 0 spiro atoms. The second kappa shape index (κ2) is 4.46. The van der Waals surface area contributed by atoms with Gasteiger partial charge in [0.2, 0.25) is 0 Å².